The summed E-state index contributed by atoms with van der Waals surface area (Å²) in [4.78, 5) is 26.3. The van der Waals surface area contributed by atoms with Crippen molar-refractivity contribution in [2.45, 2.75) is 20.3 Å². The summed E-state index contributed by atoms with van der Waals surface area (Å²) in [5.74, 6) is -0.819. The quantitative estimate of drug-likeness (QED) is 0.581. The van der Waals surface area contributed by atoms with E-state index in [0.717, 1.165) is 16.6 Å². The second-order valence-corrected chi connectivity index (χ2v) is 5.19. The largest absolute Gasteiger partial charge is 0.493 e. The summed E-state index contributed by atoms with van der Waals surface area (Å²) in [6, 6.07) is 5.78. The number of nitrogens with zero attached hydrogens (tertiary/aromatic N) is 3. The van der Waals surface area contributed by atoms with Crippen molar-refractivity contribution in [2.75, 3.05) is 5.32 Å². The van der Waals surface area contributed by atoms with Crippen LogP contribution in [-0.4, -0.2) is 36.1 Å². The van der Waals surface area contributed by atoms with Crippen LogP contribution in [-0.2, 0) is 11.2 Å². The van der Waals surface area contributed by atoms with Gasteiger partial charge < -0.3 is 15.2 Å². The average Bonchev–Trinajstić information content (AvgIpc) is 2.87. The van der Waals surface area contributed by atoms with Gasteiger partial charge >= 0.3 is 5.97 Å². The number of aromatic hydroxyl groups is 1. The molecule has 0 saturated heterocycles. The highest BCUT2D eigenvalue weighted by molar-refractivity contribution is 5.81. The molecule has 0 aliphatic carbocycles. The zero-order valence-corrected chi connectivity index (χ0v) is 12.6. The fourth-order valence-electron chi connectivity index (χ4n) is 2.34. The Morgan fingerprint density at radius 3 is 2.70 bits per heavy atom. The molecule has 118 valence electrons. The van der Waals surface area contributed by atoms with Crippen LogP contribution < -0.4 is 5.32 Å². The highest BCUT2D eigenvalue weighted by Gasteiger charge is 2.15. The molecule has 8 nitrogen and oxygen atoms in total. The molecule has 23 heavy (non-hydrogen) atoms. The summed E-state index contributed by atoms with van der Waals surface area (Å²) in [7, 11) is 0. The summed E-state index contributed by atoms with van der Waals surface area (Å²) in [5, 5.41) is 21.6. The maximum Gasteiger partial charge on any atom is 0.308 e. The van der Waals surface area contributed by atoms with E-state index in [4.69, 9.17) is 5.11 Å². The van der Waals surface area contributed by atoms with Crippen LogP contribution >= 0.6 is 0 Å². The Morgan fingerprint density at radius 2 is 2.04 bits per heavy atom. The van der Waals surface area contributed by atoms with Crippen LogP contribution in [0.2, 0.25) is 0 Å². The van der Waals surface area contributed by atoms with Crippen molar-refractivity contribution in [3.63, 3.8) is 0 Å². The number of carboxylic acid groups (broad SMARTS) is 1. The van der Waals surface area contributed by atoms with Gasteiger partial charge in [0.05, 0.1) is 23.1 Å². The SMILES string of the molecule is Cc1nc(Nc2nc3c(C)cccc3[nH]2)nc(O)c1CC(=O)O. The predicted molar refractivity (Wildman–Crippen MR) is 83.9 cm³/mol. The topological polar surface area (TPSA) is 124 Å². The fraction of sp³-hybridized carbons (Fsp3) is 0.200. The number of aromatic amines is 1. The molecular formula is C15H15N5O3. The summed E-state index contributed by atoms with van der Waals surface area (Å²) in [6.07, 6.45) is -0.332. The number of aliphatic carboxylic acids is 1. The molecule has 1 aromatic carbocycles. The number of rotatable bonds is 4. The number of benzene rings is 1. The zero-order chi connectivity index (χ0) is 16.6. The minimum atomic E-state index is -1.06. The number of aromatic nitrogens is 4. The molecule has 0 bridgehead atoms. The van der Waals surface area contributed by atoms with Gasteiger partial charge in [0.25, 0.3) is 0 Å². The second-order valence-electron chi connectivity index (χ2n) is 5.19. The van der Waals surface area contributed by atoms with Crippen LogP contribution in [0.1, 0.15) is 16.8 Å². The number of hydrogen-bond acceptors (Lipinski definition) is 6. The van der Waals surface area contributed by atoms with E-state index in [1.54, 1.807) is 6.92 Å². The lowest BCUT2D eigenvalue weighted by Gasteiger charge is -2.07. The molecule has 2 heterocycles. The number of hydrogen-bond donors (Lipinski definition) is 4. The summed E-state index contributed by atoms with van der Waals surface area (Å²) >= 11 is 0. The summed E-state index contributed by atoms with van der Waals surface area (Å²) < 4.78 is 0. The average molecular weight is 313 g/mol. The Balaban J connectivity index is 1.92. The van der Waals surface area contributed by atoms with Crippen LogP contribution in [0.3, 0.4) is 0 Å². The molecule has 0 amide bonds. The van der Waals surface area contributed by atoms with E-state index in [2.05, 4.69) is 25.3 Å². The normalized spacial score (nSPS) is 10.9. The highest BCUT2D eigenvalue weighted by atomic mass is 16.4. The predicted octanol–water partition coefficient (Wildman–Crippen LogP) is 2.05. The van der Waals surface area contributed by atoms with Gasteiger partial charge in [-0.3, -0.25) is 10.1 Å². The first-order valence-electron chi connectivity index (χ1n) is 6.94. The van der Waals surface area contributed by atoms with Crippen LogP contribution in [0.25, 0.3) is 11.0 Å². The molecule has 0 saturated carbocycles. The van der Waals surface area contributed by atoms with Gasteiger partial charge in [0.2, 0.25) is 17.8 Å². The second kappa shape index (κ2) is 5.56. The Bertz CT molecular complexity index is 880. The molecule has 3 aromatic rings. The molecule has 0 aliphatic rings. The van der Waals surface area contributed by atoms with Gasteiger partial charge in [-0.05, 0) is 25.5 Å². The molecule has 3 rings (SSSR count). The van der Waals surface area contributed by atoms with Crippen molar-refractivity contribution in [2.24, 2.45) is 0 Å². The van der Waals surface area contributed by atoms with Gasteiger partial charge in [-0.15, -0.1) is 0 Å². The van der Waals surface area contributed by atoms with E-state index >= 15 is 0 Å². The smallest absolute Gasteiger partial charge is 0.308 e. The number of fused-ring (bicyclic) bond motifs is 1. The van der Waals surface area contributed by atoms with Gasteiger partial charge in [-0.2, -0.15) is 4.98 Å². The van der Waals surface area contributed by atoms with Gasteiger partial charge in [0.1, 0.15) is 0 Å². The molecule has 0 unspecified atom stereocenters. The minimum absolute atomic E-state index is 0.144. The molecule has 0 aliphatic heterocycles. The zero-order valence-electron chi connectivity index (χ0n) is 12.6. The number of imidazole rings is 1. The molecule has 8 heteroatoms. The Morgan fingerprint density at radius 1 is 1.26 bits per heavy atom. The van der Waals surface area contributed by atoms with E-state index in [9.17, 15) is 9.90 Å². The lowest BCUT2D eigenvalue weighted by atomic mass is 10.1. The first-order chi connectivity index (χ1) is 10.9. The monoisotopic (exact) mass is 313 g/mol. The maximum absolute atomic E-state index is 10.8. The van der Waals surface area contributed by atoms with Gasteiger partial charge in [-0.1, -0.05) is 12.1 Å². The van der Waals surface area contributed by atoms with Gasteiger partial charge in [0, 0.05) is 5.56 Å². The number of carboxylic acids is 1. The van der Waals surface area contributed by atoms with Crippen LogP contribution in [0.15, 0.2) is 18.2 Å². The number of nitrogens with one attached hydrogen (secondary N) is 2. The molecule has 0 atom stereocenters. The first kappa shape index (κ1) is 14.8. The number of H-pyrrole nitrogens is 1. The molecule has 0 fully saturated rings. The Labute approximate surface area is 131 Å². The van der Waals surface area contributed by atoms with Crippen LogP contribution in [0.4, 0.5) is 11.9 Å². The van der Waals surface area contributed by atoms with Crippen molar-refractivity contribution < 1.29 is 15.0 Å². The Kier molecular flexibility index (Phi) is 3.57. The number of carbonyl (C=O) groups is 1. The van der Waals surface area contributed by atoms with Gasteiger partial charge in [-0.25, -0.2) is 9.97 Å². The van der Waals surface area contributed by atoms with E-state index in [1.807, 2.05) is 25.1 Å². The minimum Gasteiger partial charge on any atom is -0.493 e. The first-order valence-corrected chi connectivity index (χ1v) is 6.94. The van der Waals surface area contributed by atoms with Crippen molar-refractivity contribution in [1.29, 1.82) is 0 Å². The third-order valence-corrected chi connectivity index (χ3v) is 3.46. The molecular weight excluding hydrogens is 298 g/mol. The van der Waals surface area contributed by atoms with E-state index < -0.39 is 5.97 Å². The van der Waals surface area contributed by atoms with Crippen molar-refractivity contribution in [1.82, 2.24) is 19.9 Å². The van der Waals surface area contributed by atoms with Crippen molar-refractivity contribution in [3.8, 4) is 5.88 Å². The third kappa shape index (κ3) is 2.91. The maximum atomic E-state index is 10.8. The number of aryl methyl sites for hydroxylation is 2. The number of anilines is 2. The third-order valence-electron chi connectivity index (χ3n) is 3.46. The molecule has 0 spiro atoms. The fourth-order valence-corrected chi connectivity index (χ4v) is 2.34. The van der Waals surface area contributed by atoms with E-state index in [1.165, 1.54) is 0 Å². The van der Waals surface area contributed by atoms with Crippen molar-refractivity contribution in [3.05, 3.63) is 35.0 Å². The van der Waals surface area contributed by atoms with E-state index in [0.29, 0.717) is 11.6 Å². The number of para-hydroxylation sites is 1. The van der Waals surface area contributed by atoms with Crippen LogP contribution in [0.5, 0.6) is 5.88 Å². The molecule has 0 radical (unpaired) electrons. The van der Waals surface area contributed by atoms with Crippen LogP contribution in [0, 0.1) is 13.8 Å². The molecule has 2 aromatic heterocycles. The van der Waals surface area contributed by atoms with Crippen molar-refractivity contribution >= 4 is 28.9 Å². The highest BCUT2D eigenvalue weighted by Crippen LogP contribution is 2.23. The molecule has 4 N–H and O–H groups in total. The summed E-state index contributed by atoms with van der Waals surface area (Å²) in [6.45, 7) is 3.58. The van der Waals surface area contributed by atoms with Gasteiger partial charge in [0.15, 0.2) is 0 Å². The standard InChI is InChI=1S/C15H15N5O3/c1-7-4-3-5-10-12(7)18-15(17-10)20-14-16-8(2)9(6-11(21)22)13(23)19-14/h3-5H,6H2,1-2H3,(H,21,22)(H3,16,17,18,19,20,23). The lowest BCUT2D eigenvalue weighted by molar-refractivity contribution is -0.136. The van der Waals surface area contributed by atoms with E-state index in [-0.39, 0.29) is 23.8 Å². The lowest BCUT2D eigenvalue weighted by Crippen LogP contribution is -2.07. The summed E-state index contributed by atoms with van der Waals surface area (Å²) in [5.41, 5.74) is 3.33. The Hall–Kier alpha value is -3.16.